The maximum atomic E-state index is 5.19. The van der Waals surface area contributed by atoms with E-state index in [1.54, 1.807) is 18.4 Å². The monoisotopic (exact) mass is 298 g/mol. The molecule has 0 saturated heterocycles. The lowest BCUT2D eigenvalue weighted by Crippen LogP contribution is -1.92. The number of thiophene rings is 1. The molecular weight excluding hydrogens is 292 g/mol. The fourth-order valence-corrected chi connectivity index (χ4v) is 3.06. The molecule has 4 heteroatoms. The van der Waals surface area contributed by atoms with Crippen LogP contribution in [0.4, 0.5) is 0 Å². The number of rotatable bonds is 2. The topological polar surface area (TPSA) is 9.23 Å². The average Bonchev–Trinajstić information content (AvgIpc) is 2.32. The lowest BCUT2D eigenvalue weighted by molar-refractivity contribution is 0.122. The Morgan fingerprint density at radius 2 is 2.18 bits per heavy atom. The molecule has 0 amide bonds. The summed E-state index contributed by atoms with van der Waals surface area (Å²) < 4.78 is 7.40. The van der Waals surface area contributed by atoms with Gasteiger partial charge in [0.2, 0.25) is 0 Å². The van der Waals surface area contributed by atoms with Crippen LogP contribution in [0.2, 0.25) is 0 Å². The van der Waals surface area contributed by atoms with Crippen molar-refractivity contribution in [3.63, 3.8) is 0 Å². The highest BCUT2D eigenvalue weighted by atomic mass is 79.9. The third-order valence-electron chi connectivity index (χ3n) is 1.44. The maximum absolute atomic E-state index is 5.19. The van der Waals surface area contributed by atoms with E-state index in [1.807, 2.05) is 6.92 Å². The van der Waals surface area contributed by atoms with Crippen LogP contribution in [-0.2, 0) is 4.74 Å². The van der Waals surface area contributed by atoms with Gasteiger partial charge in [-0.2, -0.15) is 0 Å². The predicted octanol–water partition coefficient (Wildman–Crippen LogP) is 3.98. The maximum Gasteiger partial charge on any atom is 0.0896 e. The number of hydrogen-bond donors (Lipinski definition) is 0. The molecular formula is C7H8Br2OS. The van der Waals surface area contributed by atoms with Gasteiger partial charge in [-0.1, -0.05) is 0 Å². The second kappa shape index (κ2) is 4.03. The van der Waals surface area contributed by atoms with Gasteiger partial charge in [0, 0.05) is 26.3 Å². The van der Waals surface area contributed by atoms with Crippen molar-refractivity contribution in [2.24, 2.45) is 0 Å². The second-order valence-corrected chi connectivity index (χ2v) is 4.70. The number of methoxy groups -OCH3 is 1. The smallest absolute Gasteiger partial charge is 0.0896 e. The van der Waals surface area contributed by atoms with Crippen LogP contribution in [0.5, 0.6) is 0 Å². The largest absolute Gasteiger partial charge is 0.376 e. The molecule has 1 unspecified atom stereocenters. The van der Waals surface area contributed by atoms with Crippen molar-refractivity contribution in [2.75, 3.05) is 7.11 Å². The van der Waals surface area contributed by atoms with Gasteiger partial charge in [-0.15, -0.1) is 11.3 Å². The molecule has 0 aliphatic carbocycles. The highest BCUT2D eigenvalue weighted by Gasteiger charge is 2.12. The minimum atomic E-state index is 0.167. The summed E-state index contributed by atoms with van der Waals surface area (Å²) in [5.74, 6) is 0. The van der Waals surface area contributed by atoms with E-state index in [1.165, 1.54) is 4.88 Å². The molecule has 0 fully saturated rings. The molecule has 1 heterocycles. The van der Waals surface area contributed by atoms with E-state index in [0.29, 0.717) is 0 Å². The Labute approximate surface area is 87.0 Å². The van der Waals surface area contributed by atoms with E-state index in [0.717, 1.165) is 8.95 Å². The molecule has 62 valence electrons. The van der Waals surface area contributed by atoms with Gasteiger partial charge < -0.3 is 4.74 Å². The van der Waals surface area contributed by atoms with Gasteiger partial charge in [0.1, 0.15) is 0 Å². The van der Waals surface area contributed by atoms with Crippen molar-refractivity contribution in [1.82, 2.24) is 0 Å². The van der Waals surface area contributed by atoms with Crippen molar-refractivity contribution >= 4 is 43.2 Å². The van der Waals surface area contributed by atoms with Crippen molar-refractivity contribution in [3.05, 3.63) is 19.2 Å². The standard InChI is InChI=1S/C7H8Br2OS/c1-4(10-2)7-6(9)5(8)3-11-7/h3-4H,1-2H3. The molecule has 0 aliphatic rings. The molecule has 0 aromatic carbocycles. The summed E-state index contributed by atoms with van der Waals surface area (Å²) in [5, 5.41) is 2.05. The minimum Gasteiger partial charge on any atom is -0.376 e. The number of hydrogen-bond acceptors (Lipinski definition) is 2. The summed E-state index contributed by atoms with van der Waals surface area (Å²) in [4.78, 5) is 1.22. The van der Waals surface area contributed by atoms with Gasteiger partial charge in [0.05, 0.1) is 6.10 Å². The molecule has 1 rings (SSSR count). The Hall–Kier alpha value is 0.620. The molecule has 11 heavy (non-hydrogen) atoms. The van der Waals surface area contributed by atoms with E-state index in [-0.39, 0.29) is 6.10 Å². The summed E-state index contributed by atoms with van der Waals surface area (Å²) in [6.45, 7) is 2.03. The van der Waals surface area contributed by atoms with E-state index in [2.05, 4.69) is 37.2 Å². The van der Waals surface area contributed by atoms with E-state index < -0.39 is 0 Å². The van der Waals surface area contributed by atoms with Crippen molar-refractivity contribution < 1.29 is 4.74 Å². The van der Waals surface area contributed by atoms with Crippen molar-refractivity contribution in [2.45, 2.75) is 13.0 Å². The zero-order valence-corrected chi connectivity index (χ0v) is 10.2. The van der Waals surface area contributed by atoms with E-state index in [4.69, 9.17) is 4.74 Å². The lowest BCUT2D eigenvalue weighted by Gasteiger charge is -2.06. The summed E-state index contributed by atoms with van der Waals surface area (Å²) in [6, 6.07) is 0. The zero-order chi connectivity index (χ0) is 8.43. The van der Waals surface area contributed by atoms with Crippen LogP contribution in [0.3, 0.4) is 0 Å². The summed E-state index contributed by atoms with van der Waals surface area (Å²) >= 11 is 8.59. The predicted molar refractivity (Wildman–Crippen MR) is 55.1 cm³/mol. The Kier molecular flexibility index (Phi) is 3.55. The van der Waals surface area contributed by atoms with Gasteiger partial charge in [-0.3, -0.25) is 0 Å². The normalized spacial score (nSPS) is 13.5. The van der Waals surface area contributed by atoms with Crippen molar-refractivity contribution in [1.29, 1.82) is 0 Å². The second-order valence-electron chi connectivity index (χ2n) is 2.14. The first-order chi connectivity index (χ1) is 5.16. The highest BCUT2D eigenvalue weighted by Crippen LogP contribution is 2.37. The lowest BCUT2D eigenvalue weighted by atomic mass is 10.3. The van der Waals surface area contributed by atoms with Crippen LogP contribution in [0.15, 0.2) is 14.3 Å². The molecule has 0 spiro atoms. The van der Waals surface area contributed by atoms with Crippen LogP contribution >= 0.6 is 43.2 Å². The molecule has 1 atom stereocenters. The molecule has 1 aromatic heterocycles. The molecule has 0 bridgehead atoms. The van der Waals surface area contributed by atoms with Gasteiger partial charge in [0.25, 0.3) is 0 Å². The zero-order valence-electron chi connectivity index (χ0n) is 6.23. The van der Waals surface area contributed by atoms with Crippen molar-refractivity contribution in [3.8, 4) is 0 Å². The highest BCUT2D eigenvalue weighted by molar-refractivity contribution is 9.13. The van der Waals surface area contributed by atoms with Crippen LogP contribution in [-0.4, -0.2) is 7.11 Å². The molecule has 0 saturated carbocycles. The Balaban J connectivity index is 2.94. The van der Waals surface area contributed by atoms with E-state index >= 15 is 0 Å². The molecule has 0 aliphatic heterocycles. The third kappa shape index (κ3) is 2.05. The Morgan fingerprint density at radius 1 is 1.55 bits per heavy atom. The first-order valence-corrected chi connectivity index (χ1v) is 5.58. The van der Waals surface area contributed by atoms with Gasteiger partial charge in [-0.25, -0.2) is 0 Å². The number of ether oxygens (including phenoxy) is 1. The van der Waals surface area contributed by atoms with E-state index in [9.17, 15) is 0 Å². The summed E-state index contributed by atoms with van der Waals surface area (Å²) in [5.41, 5.74) is 0. The van der Waals surface area contributed by atoms with Crippen LogP contribution < -0.4 is 0 Å². The third-order valence-corrected chi connectivity index (χ3v) is 5.16. The fraction of sp³-hybridized carbons (Fsp3) is 0.429. The molecule has 1 aromatic rings. The fourth-order valence-electron chi connectivity index (χ4n) is 0.718. The van der Waals surface area contributed by atoms with Gasteiger partial charge in [0.15, 0.2) is 0 Å². The Bertz CT molecular complexity index is 247. The number of halogens is 2. The van der Waals surface area contributed by atoms with Crippen LogP contribution in [0.25, 0.3) is 0 Å². The summed E-state index contributed by atoms with van der Waals surface area (Å²) in [7, 11) is 1.71. The molecule has 0 N–H and O–H groups in total. The molecule has 0 radical (unpaired) electrons. The average molecular weight is 300 g/mol. The minimum absolute atomic E-state index is 0.167. The quantitative estimate of drug-likeness (QED) is 0.802. The van der Waals surface area contributed by atoms with Gasteiger partial charge >= 0.3 is 0 Å². The van der Waals surface area contributed by atoms with Gasteiger partial charge in [-0.05, 0) is 38.8 Å². The SMILES string of the molecule is COC(C)c1scc(Br)c1Br. The summed E-state index contributed by atoms with van der Waals surface area (Å²) in [6.07, 6.45) is 0.167. The van der Waals surface area contributed by atoms with Crippen LogP contribution in [0.1, 0.15) is 17.9 Å². The molecule has 1 nitrogen and oxygen atoms in total. The first kappa shape index (κ1) is 9.71. The Morgan fingerprint density at radius 3 is 2.55 bits per heavy atom. The first-order valence-electron chi connectivity index (χ1n) is 3.12. The van der Waals surface area contributed by atoms with Crippen LogP contribution in [0, 0.1) is 0 Å².